The molecule has 0 radical (unpaired) electrons. The highest BCUT2D eigenvalue weighted by Crippen LogP contribution is 2.52. The van der Waals surface area contributed by atoms with Crippen LogP contribution in [-0.4, -0.2) is 86.5 Å². The molecule has 2 saturated heterocycles. The molecule has 12 nitrogen and oxygen atoms in total. The molecular formula is C28H38N5O7S+. The minimum Gasteiger partial charge on any atom is -0.457 e. The normalized spacial score (nSPS) is 26.0. The molecule has 0 saturated carbocycles. The Morgan fingerprint density at radius 2 is 1.95 bits per heavy atom. The number of thioether (sulfide) groups is 1. The van der Waals surface area contributed by atoms with Gasteiger partial charge in [-0.15, -0.1) is 11.8 Å². The summed E-state index contributed by atoms with van der Waals surface area (Å²) in [4.78, 5) is 54.6. The Morgan fingerprint density at radius 3 is 2.56 bits per heavy atom. The number of rotatable bonds is 12. The zero-order valence-corrected chi connectivity index (χ0v) is 24.4. The van der Waals surface area contributed by atoms with Gasteiger partial charge in [0.25, 0.3) is 5.91 Å². The maximum absolute atomic E-state index is 13.1. The van der Waals surface area contributed by atoms with E-state index >= 15 is 0 Å². The first-order valence-electron chi connectivity index (χ1n) is 13.6. The summed E-state index contributed by atoms with van der Waals surface area (Å²) in [5.41, 5.74) is 6.03. The van der Waals surface area contributed by atoms with Crippen molar-refractivity contribution < 1.29 is 38.3 Å². The maximum atomic E-state index is 13.1. The number of carbonyl (C=O) groups is 4. The third kappa shape index (κ3) is 5.91. The number of esters is 1. The molecule has 0 aromatic carbocycles. The standard InChI is InChI=1S/C28H37N5O7S/c1-6-10-39-27(37)23-24(16(3)22-21(17(4)34)26(36)33(22)23)41-19-12-18(32(13-19)28(38)40-11-7-2)8-9-31-14-20(25(29)35)30(5)15-31/h6-7,14-19,21-22,34H,1-2,8-13H2,3-5H3,(H-,29,35)/p+1/t16-,17-,18-,19+,21-,22-/m1/s1. The highest BCUT2D eigenvalue weighted by atomic mass is 32.2. The zero-order valence-electron chi connectivity index (χ0n) is 23.6. The predicted molar refractivity (Wildman–Crippen MR) is 150 cm³/mol. The molecule has 4 rings (SSSR count). The van der Waals surface area contributed by atoms with Crippen molar-refractivity contribution in [3.8, 4) is 0 Å². The van der Waals surface area contributed by atoms with Gasteiger partial charge >= 0.3 is 12.1 Å². The summed E-state index contributed by atoms with van der Waals surface area (Å²) in [7, 11) is 1.74. The first-order valence-corrected chi connectivity index (χ1v) is 14.5. The Morgan fingerprint density at radius 1 is 1.27 bits per heavy atom. The first kappa shape index (κ1) is 30.4. The number of aryl methyl sites for hydroxylation is 2. The molecule has 4 heterocycles. The summed E-state index contributed by atoms with van der Waals surface area (Å²) in [5, 5.41) is 10.2. The Bertz CT molecular complexity index is 1270. The Hall–Kier alpha value is -3.58. The lowest BCUT2D eigenvalue weighted by Crippen LogP contribution is -2.63. The summed E-state index contributed by atoms with van der Waals surface area (Å²) in [6.07, 6.45) is 6.32. The van der Waals surface area contributed by atoms with E-state index in [1.165, 1.54) is 28.8 Å². The van der Waals surface area contributed by atoms with E-state index in [1.54, 1.807) is 36.0 Å². The molecule has 2 fully saturated rings. The van der Waals surface area contributed by atoms with Gasteiger partial charge in [-0.3, -0.25) is 9.59 Å². The lowest BCUT2D eigenvalue weighted by Gasteiger charge is -2.46. The molecule has 0 aliphatic carbocycles. The summed E-state index contributed by atoms with van der Waals surface area (Å²) in [5.74, 6) is -2.23. The van der Waals surface area contributed by atoms with E-state index in [9.17, 15) is 24.3 Å². The van der Waals surface area contributed by atoms with E-state index in [0.717, 1.165) is 0 Å². The van der Waals surface area contributed by atoms with Crippen molar-refractivity contribution in [1.29, 1.82) is 0 Å². The van der Waals surface area contributed by atoms with Gasteiger partial charge in [0.15, 0.2) is 0 Å². The third-order valence-corrected chi connectivity index (χ3v) is 9.32. The number of hydrogen-bond acceptors (Lipinski definition) is 8. The second-order valence-electron chi connectivity index (χ2n) is 10.6. The quantitative estimate of drug-likeness (QED) is 0.160. The van der Waals surface area contributed by atoms with Gasteiger partial charge in [-0.2, -0.15) is 0 Å². The van der Waals surface area contributed by atoms with Crippen LogP contribution in [0.5, 0.6) is 0 Å². The van der Waals surface area contributed by atoms with E-state index < -0.39 is 30.0 Å². The van der Waals surface area contributed by atoms with Gasteiger partial charge in [0.05, 0.1) is 31.7 Å². The van der Waals surface area contributed by atoms with Crippen molar-refractivity contribution in [1.82, 2.24) is 14.4 Å². The van der Waals surface area contributed by atoms with Gasteiger partial charge in [0, 0.05) is 35.1 Å². The van der Waals surface area contributed by atoms with Crippen LogP contribution in [0.15, 0.2) is 48.4 Å². The fraction of sp³-hybridized carbons (Fsp3) is 0.536. The van der Waals surface area contributed by atoms with Crippen molar-refractivity contribution in [3.63, 3.8) is 0 Å². The van der Waals surface area contributed by atoms with Crippen LogP contribution >= 0.6 is 11.8 Å². The van der Waals surface area contributed by atoms with Crippen LogP contribution in [-0.2, 0) is 32.7 Å². The molecule has 0 bridgehead atoms. The summed E-state index contributed by atoms with van der Waals surface area (Å²) in [6.45, 7) is 11.7. The summed E-state index contributed by atoms with van der Waals surface area (Å²) >= 11 is 1.47. The largest absolute Gasteiger partial charge is 0.457 e. The molecule has 1 aromatic rings. The number of imidazole rings is 1. The number of hydrogen-bond donors (Lipinski definition) is 2. The predicted octanol–water partition coefficient (Wildman–Crippen LogP) is 1.10. The highest BCUT2D eigenvalue weighted by molar-refractivity contribution is 8.03. The number of primary amides is 1. The Labute approximate surface area is 243 Å². The fourth-order valence-electron chi connectivity index (χ4n) is 5.95. The summed E-state index contributed by atoms with van der Waals surface area (Å²) < 4.78 is 14.2. The maximum Gasteiger partial charge on any atom is 0.410 e. The van der Waals surface area contributed by atoms with Crippen LogP contribution in [0.1, 0.15) is 37.2 Å². The molecule has 3 aliphatic heterocycles. The minimum absolute atomic E-state index is 0.00420. The number of ether oxygens (including phenoxy) is 2. The number of amides is 3. The topological polar surface area (TPSA) is 148 Å². The van der Waals surface area contributed by atoms with E-state index in [1.807, 2.05) is 11.5 Å². The van der Waals surface area contributed by atoms with Crippen LogP contribution in [0.4, 0.5) is 4.79 Å². The monoisotopic (exact) mass is 588 g/mol. The Kier molecular flexibility index (Phi) is 9.27. The average molecular weight is 589 g/mol. The second kappa shape index (κ2) is 12.5. The van der Waals surface area contributed by atoms with Crippen molar-refractivity contribution in [2.45, 2.75) is 56.7 Å². The molecule has 1 aromatic heterocycles. The van der Waals surface area contributed by atoms with Gasteiger partial charge < -0.3 is 30.1 Å². The van der Waals surface area contributed by atoms with Gasteiger partial charge in [-0.1, -0.05) is 32.2 Å². The lowest BCUT2D eigenvalue weighted by molar-refractivity contribution is -0.697. The van der Waals surface area contributed by atoms with Gasteiger partial charge in [-0.05, 0) is 13.3 Å². The van der Waals surface area contributed by atoms with Crippen molar-refractivity contribution >= 4 is 35.6 Å². The van der Waals surface area contributed by atoms with Gasteiger partial charge in [0.2, 0.25) is 17.9 Å². The van der Waals surface area contributed by atoms with Crippen LogP contribution in [0.25, 0.3) is 0 Å². The summed E-state index contributed by atoms with van der Waals surface area (Å²) in [6, 6.07) is -0.511. The molecular weight excluding hydrogens is 550 g/mol. The van der Waals surface area contributed by atoms with Crippen molar-refractivity contribution in [3.05, 3.63) is 54.1 Å². The number of aromatic nitrogens is 2. The highest BCUT2D eigenvalue weighted by Gasteiger charge is 2.60. The molecule has 3 amide bonds. The Balaban J connectivity index is 1.56. The lowest BCUT2D eigenvalue weighted by atomic mass is 9.79. The third-order valence-electron chi connectivity index (χ3n) is 7.83. The first-order chi connectivity index (χ1) is 19.5. The molecule has 0 spiro atoms. The number of nitrogens with two attached hydrogens (primary N) is 1. The number of β-lactam (4-membered cyclic amide) rings is 1. The van der Waals surface area contributed by atoms with Gasteiger partial charge in [0.1, 0.15) is 25.1 Å². The van der Waals surface area contributed by atoms with E-state index in [0.29, 0.717) is 36.5 Å². The molecule has 6 atom stereocenters. The number of likely N-dealkylation sites (tertiary alicyclic amines) is 1. The molecule has 222 valence electrons. The molecule has 13 heteroatoms. The molecule has 0 unspecified atom stereocenters. The smallest absolute Gasteiger partial charge is 0.410 e. The van der Waals surface area contributed by atoms with Crippen LogP contribution < -0.4 is 10.3 Å². The number of nitrogens with zero attached hydrogens (tertiary/aromatic N) is 4. The average Bonchev–Trinajstić information content (AvgIpc) is 3.57. The van der Waals surface area contributed by atoms with Gasteiger partial charge in [-0.25, -0.2) is 18.7 Å². The van der Waals surface area contributed by atoms with E-state index in [2.05, 4.69) is 13.2 Å². The van der Waals surface area contributed by atoms with Crippen LogP contribution in [0, 0.1) is 11.8 Å². The second-order valence-corrected chi connectivity index (χ2v) is 12.0. The zero-order chi connectivity index (χ0) is 30.0. The fourth-order valence-corrected chi connectivity index (χ4v) is 7.51. The van der Waals surface area contributed by atoms with Crippen molar-refractivity contribution in [2.75, 3.05) is 19.8 Å². The van der Waals surface area contributed by atoms with Crippen LogP contribution in [0.2, 0.25) is 0 Å². The van der Waals surface area contributed by atoms with Crippen molar-refractivity contribution in [2.24, 2.45) is 24.6 Å². The molecule has 3 aliphatic rings. The molecule has 41 heavy (non-hydrogen) atoms. The van der Waals surface area contributed by atoms with E-state index in [-0.39, 0.29) is 48.1 Å². The molecule has 3 N–H and O–H groups in total. The number of aliphatic hydroxyl groups is 1. The number of fused-ring (bicyclic) bond motifs is 1. The minimum atomic E-state index is -0.849. The van der Waals surface area contributed by atoms with Crippen LogP contribution in [0.3, 0.4) is 0 Å². The number of aliphatic hydroxyl groups excluding tert-OH is 1. The van der Waals surface area contributed by atoms with E-state index in [4.69, 9.17) is 15.2 Å². The number of carbonyl (C=O) groups excluding carboxylic acids is 4. The SMILES string of the molecule is C=CCOC(=O)C1=C(S[C@H]2C[C@@H](CC[n+]3cc(C(N)=O)n(C)c3)N(C(=O)OCC=C)C2)[C@H](C)[C@@H]2[C@@H]([C@@H](C)O)C(=O)N12.